The van der Waals surface area contributed by atoms with Crippen LogP contribution in [0.15, 0.2) is 169 Å². The number of hydrogen-bond acceptors (Lipinski definition) is 2. The summed E-state index contributed by atoms with van der Waals surface area (Å²) in [6.07, 6.45) is -54.8. The van der Waals surface area contributed by atoms with Gasteiger partial charge in [-0.05, 0) is 48.5 Å². The Morgan fingerprint density at radius 3 is 0.939 bits per heavy atom. The van der Waals surface area contributed by atoms with Crippen LogP contribution in [0.3, 0.4) is 0 Å². The third-order valence-corrected chi connectivity index (χ3v) is 13.0. The molecule has 0 aliphatic carbocycles. The molecule has 0 radical (unpaired) electrons. The van der Waals surface area contributed by atoms with E-state index in [1.165, 1.54) is 10.9 Å². The molecule has 0 saturated carbocycles. The van der Waals surface area contributed by atoms with Gasteiger partial charge >= 0.3 is 55.3 Å². The Labute approximate surface area is 451 Å². The number of hydrogen-bond donors (Lipinski definition) is 1. The Morgan fingerprint density at radius 1 is 0.329 bits per heavy atom. The summed E-state index contributed by atoms with van der Waals surface area (Å²) in [4.78, 5) is 0.821. The van der Waals surface area contributed by atoms with Gasteiger partial charge < -0.3 is 4.74 Å². The number of nitrogens with zero attached hydrogens (tertiary/aromatic N) is 1. The lowest BCUT2D eigenvalue weighted by Crippen LogP contribution is -2.75. The molecule has 0 unspecified atom stereocenters. The van der Waals surface area contributed by atoms with Crippen LogP contribution in [0.1, 0.15) is 50.1 Å². The predicted molar refractivity (Wildman–Crippen MR) is 254 cm³/mol. The van der Waals surface area contributed by atoms with E-state index in [0.717, 1.165) is 28.6 Å². The van der Waals surface area contributed by atoms with Crippen molar-refractivity contribution in [3.8, 4) is 11.6 Å². The summed E-state index contributed by atoms with van der Waals surface area (Å²) in [7, 11) is 0. The van der Waals surface area contributed by atoms with E-state index in [2.05, 4.69) is 71.8 Å². The Morgan fingerprint density at radius 2 is 0.622 bits per heavy atom. The Hall–Kier alpha value is -7.52. The maximum atomic E-state index is 14.2. The number of ether oxygens (including phenoxy) is 1. The van der Waals surface area contributed by atoms with Crippen molar-refractivity contribution in [2.45, 2.75) is 60.9 Å². The van der Waals surface area contributed by atoms with E-state index < -0.39 is 195 Å². The van der Waals surface area contributed by atoms with Gasteiger partial charge in [-0.15, -0.1) is 12.6 Å². The van der Waals surface area contributed by atoms with Crippen LogP contribution in [-0.4, -0.2) is 6.15 Å². The monoisotopic (exact) mass is 1210 g/mol. The maximum absolute atomic E-state index is 14.2. The van der Waals surface area contributed by atoms with Gasteiger partial charge in [0, 0.05) is 21.9 Å². The topological polar surface area (TPSA) is 13.1 Å². The van der Waals surface area contributed by atoms with Crippen molar-refractivity contribution in [2.24, 2.45) is 0 Å². The van der Waals surface area contributed by atoms with Crippen molar-refractivity contribution in [3.63, 3.8) is 0 Å². The average molecular weight is 1210 g/mol. The molecule has 28 heteroatoms. The maximum Gasteiger partial charge on any atom is 0.416 e. The number of halogens is 24. The quantitative estimate of drug-likeness (QED) is 0.0693. The smallest absolute Gasteiger partial charge is 0.404 e. The van der Waals surface area contributed by atoms with Crippen LogP contribution >= 0.6 is 12.6 Å². The number of pyridine rings is 1. The molecule has 434 valence electrons. The average Bonchev–Trinajstić information content (AvgIpc) is 3.07. The zero-order chi connectivity index (χ0) is 61.0. The first-order valence-corrected chi connectivity index (χ1v) is 23.3. The predicted octanol–water partition coefficient (Wildman–Crippen LogP) is 16.5. The molecule has 1 aromatic heterocycles. The highest BCUT2D eigenvalue weighted by Gasteiger charge is 2.47. The van der Waals surface area contributed by atoms with Crippen LogP contribution in [0.4, 0.5) is 105 Å². The molecule has 2 nitrogen and oxygen atoms in total. The second-order valence-electron chi connectivity index (χ2n) is 18.1. The highest BCUT2D eigenvalue weighted by molar-refractivity contribution is 7.80. The Bertz CT molecular complexity index is 3180. The number of rotatable bonds is 8. The molecular formula is C54H30BF24NOS. The first-order valence-electron chi connectivity index (χ1n) is 22.8. The summed E-state index contributed by atoms with van der Waals surface area (Å²) in [6.45, 7) is 0.742. The van der Waals surface area contributed by atoms with Crippen molar-refractivity contribution in [1.29, 1.82) is 0 Å². The normalized spacial score (nSPS) is 13.2. The Balaban J connectivity index is 0.000000318. The van der Waals surface area contributed by atoms with Gasteiger partial charge in [0.25, 0.3) is 0 Å². The fourth-order valence-electron chi connectivity index (χ4n) is 8.99. The SMILES string of the molecule is FC(F)(F)c1cc([B-](c2cc(C(F)(F)F)cc(C(F)(F)F)c2)(c2cc(C(F)(F)F)cc(C(F)(F)F)c2)c2cc(C(F)(F)F)cc(C(F)(F)F)c2)cc(C(F)(F)F)c1.Sc1ccccc1Oc1ccc2ccccc2[n+]1Cc1ccccc1. The molecule has 1 heterocycles. The van der Waals surface area contributed by atoms with Crippen molar-refractivity contribution < 1.29 is 115 Å². The second-order valence-corrected chi connectivity index (χ2v) is 18.6. The summed E-state index contributed by atoms with van der Waals surface area (Å²) < 4.78 is 349. The van der Waals surface area contributed by atoms with Crippen molar-refractivity contribution in [2.75, 3.05) is 0 Å². The first kappa shape index (κ1) is 62.1. The molecule has 0 spiro atoms. The number of fused-ring (bicyclic) bond motifs is 1. The van der Waals surface area contributed by atoms with Crippen LogP contribution in [-0.2, 0) is 56.0 Å². The lowest BCUT2D eigenvalue weighted by atomic mass is 9.12. The number of alkyl halides is 24. The van der Waals surface area contributed by atoms with E-state index in [-0.39, 0.29) is 0 Å². The molecule has 0 amide bonds. The van der Waals surface area contributed by atoms with Gasteiger partial charge in [0.05, 0.1) is 50.6 Å². The van der Waals surface area contributed by atoms with Crippen molar-refractivity contribution in [3.05, 3.63) is 214 Å². The third-order valence-electron chi connectivity index (χ3n) is 12.6. The molecule has 8 rings (SSSR count). The van der Waals surface area contributed by atoms with Crippen LogP contribution < -0.4 is 31.2 Å². The van der Waals surface area contributed by atoms with Crippen molar-refractivity contribution >= 4 is 51.5 Å². The minimum atomic E-state index is -6.13. The second kappa shape index (κ2) is 22.0. The van der Waals surface area contributed by atoms with E-state index in [1.54, 1.807) is 0 Å². The molecule has 7 aromatic carbocycles. The Kier molecular flexibility index (Phi) is 16.7. The molecule has 0 bridgehead atoms. The van der Waals surface area contributed by atoms with Gasteiger partial charge in [-0.3, -0.25) is 0 Å². The van der Waals surface area contributed by atoms with E-state index in [9.17, 15) is 105 Å². The molecular weight excluding hydrogens is 1180 g/mol. The highest BCUT2D eigenvalue weighted by Crippen LogP contribution is 2.42. The minimum Gasteiger partial charge on any atom is -0.404 e. The summed E-state index contributed by atoms with van der Waals surface area (Å²) in [5, 5.41) is 1.19. The lowest BCUT2D eigenvalue weighted by Gasteiger charge is -2.46. The first-order chi connectivity index (χ1) is 37.6. The van der Waals surface area contributed by atoms with E-state index in [1.807, 2.05) is 36.4 Å². The number of aromatic nitrogens is 1. The molecule has 0 atom stereocenters. The highest BCUT2D eigenvalue weighted by atomic mass is 32.1. The number of para-hydroxylation sites is 2. The van der Waals surface area contributed by atoms with Crippen LogP contribution in [0.25, 0.3) is 10.9 Å². The van der Waals surface area contributed by atoms with Gasteiger partial charge in [0.2, 0.25) is 5.52 Å². The van der Waals surface area contributed by atoms with Crippen molar-refractivity contribution in [1.82, 2.24) is 0 Å². The van der Waals surface area contributed by atoms with Gasteiger partial charge in [0.15, 0.2) is 6.54 Å². The van der Waals surface area contributed by atoms with Gasteiger partial charge in [0.1, 0.15) is 11.9 Å². The van der Waals surface area contributed by atoms with Crippen LogP contribution in [0.2, 0.25) is 0 Å². The minimum absolute atomic E-state index is 0.691. The summed E-state index contributed by atoms with van der Waals surface area (Å²) >= 11 is 4.50. The molecule has 8 aromatic rings. The fourth-order valence-corrected chi connectivity index (χ4v) is 9.20. The summed E-state index contributed by atoms with van der Waals surface area (Å²) in [5.41, 5.74) is -27.8. The van der Waals surface area contributed by atoms with E-state index >= 15 is 0 Å². The largest absolute Gasteiger partial charge is 0.416 e. The molecule has 0 N–H and O–H groups in total. The van der Waals surface area contributed by atoms with Gasteiger partial charge in [-0.1, -0.05) is 103 Å². The van der Waals surface area contributed by atoms with Gasteiger partial charge in [-0.25, -0.2) is 0 Å². The lowest BCUT2D eigenvalue weighted by molar-refractivity contribution is -0.666. The molecule has 0 fully saturated rings. The zero-order valence-electron chi connectivity index (χ0n) is 40.2. The summed E-state index contributed by atoms with van der Waals surface area (Å²) in [5.74, 6) is 1.55. The van der Waals surface area contributed by atoms with Crippen LogP contribution in [0, 0.1) is 0 Å². The number of benzene rings is 7. The molecule has 0 aliphatic heterocycles. The van der Waals surface area contributed by atoms with Gasteiger partial charge in [-0.2, -0.15) is 132 Å². The van der Waals surface area contributed by atoms with Crippen LogP contribution in [0.5, 0.6) is 11.6 Å². The van der Waals surface area contributed by atoms with E-state index in [4.69, 9.17) is 4.74 Å². The molecule has 0 saturated heterocycles. The van der Waals surface area contributed by atoms with E-state index in [0.29, 0.717) is 0 Å². The standard InChI is InChI=1S/C32H12BF24.C22H17NOS/c34-25(35,36)13-1-14(26(37,38)39)6-21(5-13)33(22-7-15(27(40,41)42)2-16(8-22)28(43,44)45,23-9-17(29(46,47)48)3-18(10-23)30(49,50)51)24-11-19(31(52,53)54)4-20(12-24)32(55,56)57;25-21-13-7-6-12-20(21)24-22-15-14-18-10-4-5-11-19(18)23(22)16-17-8-2-1-3-9-17/h1-12H;1-15H,16H2/q-1;/p+1. The zero-order valence-corrected chi connectivity index (χ0v) is 41.1. The third kappa shape index (κ3) is 13.9. The molecule has 0 aliphatic rings. The number of thiol groups is 1. The summed E-state index contributed by atoms with van der Waals surface area (Å²) in [6, 6.07) is 21.8. The molecule has 82 heavy (non-hydrogen) atoms. The fraction of sp³-hybridized carbons (Fsp3) is 0.167.